The first-order chi connectivity index (χ1) is 9.09. The van der Waals surface area contributed by atoms with E-state index in [1.165, 1.54) is 10.4 Å². The minimum Gasteiger partial charge on any atom is -0.296 e. The molecule has 0 aliphatic rings. The summed E-state index contributed by atoms with van der Waals surface area (Å²) in [4.78, 5) is 3.89. The summed E-state index contributed by atoms with van der Waals surface area (Å²) in [5.41, 5.74) is 4.50. The molecule has 0 spiro atoms. The molecule has 3 nitrogen and oxygen atoms in total. The molecular weight excluding hydrogens is 254 g/mol. The van der Waals surface area contributed by atoms with E-state index >= 15 is 0 Å². The molecule has 0 amide bonds. The van der Waals surface area contributed by atoms with E-state index in [1.54, 1.807) is 11.3 Å². The number of nitrogens with one attached hydrogen (secondary N) is 1. The zero-order chi connectivity index (χ0) is 14.5. The third-order valence-corrected chi connectivity index (χ3v) is 5.29. The van der Waals surface area contributed by atoms with Crippen LogP contribution in [0.3, 0.4) is 0 Å². The Bertz CT molecular complexity index is 367. The van der Waals surface area contributed by atoms with Gasteiger partial charge < -0.3 is 0 Å². The molecule has 0 bridgehead atoms. The third-order valence-electron chi connectivity index (χ3n) is 4.41. The van der Waals surface area contributed by atoms with Gasteiger partial charge in [0.1, 0.15) is 0 Å². The van der Waals surface area contributed by atoms with Crippen LogP contribution in [0.5, 0.6) is 0 Å². The van der Waals surface area contributed by atoms with E-state index in [9.17, 15) is 0 Å². The van der Waals surface area contributed by atoms with Crippen molar-refractivity contribution in [2.45, 2.75) is 59.0 Å². The molecule has 3 N–H and O–H groups in total. The van der Waals surface area contributed by atoms with Gasteiger partial charge in [0, 0.05) is 10.4 Å². The first-order valence-electron chi connectivity index (χ1n) is 7.35. The standard InChI is InChI=1S/C15H29N3S/c1-6-15(7-2,18(8-3)9-4)14(17-16)13-10-12(5)19-11-13/h10-11,14,17H,6-9,16H2,1-5H3. The first-order valence-corrected chi connectivity index (χ1v) is 8.23. The maximum atomic E-state index is 5.93. The van der Waals surface area contributed by atoms with Crippen molar-refractivity contribution in [3.63, 3.8) is 0 Å². The fourth-order valence-electron chi connectivity index (χ4n) is 3.32. The van der Waals surface area contributed by atoms with Gasteiger partial charge in [-0.05, 0) is 49.9 Å². The Morgan fingerprint density at radius 3 is 2.16 bits per heavy atom. The number of nitrogens with zero attached hydrogens (tertiary/aromatic N) is 1. The lowest BCUT2D eigenvalue weighted by Crippen LogP contribution is -2.57. The number of hydrogen-bond acceptors (Lipinski definition) is 4. The largest absolute Gasteiger partial charge is 0.296 e. The van der Waals surface area contributed by atoms with Crippen LogP contribution in [0.25, 0.3) is 0 Å². The summed E-state index contributed by atoms with van der Waals surface area (Å²) >= 11 is 1.80. The Hall–Kier alpha value is -0.420. The van der Waals surface area contributed by atoms with Crippen LogP contribution in [0.2, 0.25) is 0 Å². The summed E-state index contributed by atoms with van der Waals surface area (Å²) in [5, 5.41) is 2.24. The summed E-state index contributed by atoms with van der Waals surface area (Å²) in [6.07, 6.45) is 2.18. The van der Waals surface area contributed by atoms with Gasteiger partial charge in [-0.1, -0.05) is 27.7 Å². The van der Waals surface area contributed by atoms with E-state index in [4.69, 9.17) is 5.84 Å². The van der Waals surface area contributed by atoms with E-state index in [2.05, 4.69) is 56.4 Å². The SMILES string of the molecule is CCN(CC)C(CC)(CC)C(NN)c1csc(C)c1. The van der Waals surface area contributed by atoms with Crippen LogP contribution in [0, 0.1) is 6.92 Å². The van der Waals surface area contributed by atoms with Gasteiger partial charge in [0.15, 0.2) is 0 Å². The number of thiophene rings is 1. The molecule has 0 aromatic carbocycles. The van der Waals surface area contributed by atoms with Crippen LogP contribution < -0.4 is 11.3 Å². The summed E-state index contributed by atoms with van der Waals surface area (Å²) in [6, 6.07) is 2.45. The number of rotatable bonds is 8. The first kappa shape index (κ1) is 16.6. The monoisotopic (exact) mass is 283 g/mol. The highest BCUT2D eigenvalue weighted by Gasteiger charge is 2.40. The molecule has 19 heavy (non-hydrogen) atoms. The third kappa shape index (κ3) is 3.19. The van der Waals surface area contributed by atoms with E-state index in [-0.39, 0.29) is 11.6 Å². The van der Waals surface area contributed by atoms with Crippen LogP contribution >= 0.6 is 11.3 Å². The highest BCUT2D eigenvalue weighted by Crippen LogP contribution is 2.38. The van der Waals surface area contributed by atoms with Gasteiger partial charge in [0.25, 0.3) is 0 Å². The molecule has 1 rings (SSSR count). The Labute approximate surface area is 122 Å². The highest BCUT2D eigenvalue weighted by molar-refractivity contribution is 7.10. The number of likely N-dealkylation sites (N-methyl/N-ethyl adjacent to an activating group) is 1. The van der Waals surface area contributed by atoms with Crippen molar-refractivity contribution in [2.24, 2.45) is 5.84 Å². The molecule has 4 heteroatoms. The molecule has 0 aliphatic carbocycles. The fourth-order valence-corrected chi connectivity index (χ4v) is 4.05. The van der Waals surface area contributed by atoms with E-state index in [0.717, 1.165) is 25.9 Å². The second kappa shape index (κ2) is 7.39. The Morgan fingerprint density at radius 1 is 1.26 bits per heavy atom. The van der Waals surface area contributed by atoms with Crippen LogP contribution in [-0.2, 0) is 0 Å². The fraction of sp³-hybridized carbons (Fsp3) is 0.733. The Morgan fingerprint density at radius 2 is 1.84 bits per heavy atom. The molecule has 0 saturated carbocycles. The number of hydrazine groups is 1. The maximum absolute atomic E-state index is 5.93. The Kier molecular flexibility index (Phi) is 6.47. The van der Waals surface area contributed by atoms with Crippen molar-refractivity contribution in [3.8, 4) is 0 Å². The smallest absolute Gasteiger partial charge is 0.0651 e. The van der Waals surface area contributed by atoms with Gasteiger partial charge in [-0.15, -0.1) is 11.3 Å². The zero-order valence-corrected chi connectivity index (χ0v) is 13.8. The van der Waals surface area contributed by atoms with Crippen molar-refractivity contribution >= 4 is 11.3 Å². The molecule has 1 atom stereocenters. The summed E-state index contributed by atoms with van der Waals surface area (Å²) in [6.45, 7) is 13.3. The van der Waals surface area contributed by atoms with Crippen molar-refractivity contribution < 1.29 is 0 Å². The van der Waals surface area contributed by atoms with Gasteiger partial charge in [-0.3, -0.25) is 16.2 Å². The van der Waals surface area contributed by atoms with Crippen LogP contribution in [-0.4, -0.2) is 23.5 Å². The van der Waals surface area contributed by atoms with Crippen LogP contribution in [0.1, 0.15) is 57.0 Å². The van der Waals surface area contributed by atoms with Gasteiger partial charge in [0.2, 0.25) is 0 Å². The second-order valence-electron chi connectivity index (χ2n) is 5.07. The number of hydrogen-bond donors (Lipinski definition) is 2. The van der Waals surface area contributed by atoms with Crippen molar-refractivity contribution in [1.29, 1.82) is 0 Å². The average molecular weight is 283 g/mol. The molecule has 0 radical (unpaired) electrons. The quantitative estimate of drug-likeness (QED) is 0.567. The zero-order valence-electron chi connectivity index (χ0n) is 13.0. The number of nitrogens with two attached hydrogens (primary N) is 1. The topological polar surface area (TPSA) is 41.3 Å². The molecule has 0 saturated heterocycles. The molecule has 1 unspecified atom stereocenters. The van der Waals surface area contributed by atoms with Crippen LogP contribution in [0.4, 0.5) is 0 Å². The van der Waals surface area contributed by atoms with Crippen molar-refractivity contribution in [2.75, 3.05) is 13.1 Å². The minimum absolute atomic E-state index is 0.0891. The average Bonchev–Trinajstić information content (AvgIpc) is 2.85. The molecular formula is C15H29N3S. The summed E-state index contributed by atoms with van der Waals surface area (Å²) < 4.78 is 0. The predicted octanol–water partition coefficient (Wildman–Crippen LogP) is 3.46. The second-order valence-corrected chi connectivity index (χ2v) is 6.19. The lowest BCUT2D eigenvalue weighted by Gasteiger charge is -2.47. The van der Waals surface area contributed by atoms with E-state index in [1.807, 2.05) is 0 Å². The van der Waals surface area contributed by atoms with E-state index in [0.29, 0.717) is 0 Å². The van der Waals surface area contributed by atoms with Gasteiger partial charge in [-0.25, -0.2) is 0 Å². The van der Waals surface area contributed by atoms with Gasteiger partial charge in [-0.2, -0.15) is 0 Å². The lowest BCUT2D eigenvalue weighted by molar-refractivity contribution is 0.0488. The van der Waals surface area contributed by atoms with E-state index < -0.39 is 0 Å². The molecule has 1 aromatic heterocycles. The normalized spacial score (nSPS) is 14.1. The minimum atomic E-state index is 0.0891. The van der Waals surface area contributed by atoms with Gasteiger partial charge >= 0.3 is 0 Å². The molecule has 110 valence electrons. The lowest BCUT2D eigenvalue weighted by atomic mass is 9.80. The molecule has 1 aromatic rings. The Balaban J connectivity index is 3.20. The van der Waals surface area contributed by atoms with Crippen molar-refractivity contribution in [1.82, 2.24) is 10.3 Å². The predicted molar refractivity (Wildman–Crippen MR) is 85.4 cm³/mol. The molecule has 0 fully saturated rings. The highest BCUT2D eigenvalue weighted by atomic mass is 32.1. The number of aryl methyl sites for hydroxylation is 1. The molecule has 1 heterocycles. The van der Waals surface area contributed by atoms with Gasteiger partial charge in [0.05, 0.1) is 6.04 Å². The van der Waals surface area contributed by atoms with Crippen LogP contribution in [0.15, 0.2) is 11.4 Å². The summed E-state index contributed by atoms with van der Waals surface area (Å²) in [5.74, 6) is 5.93. The summed E-state index contributed by atoms with van der Waals surface area (Å²) in [7, 11) is 0. The van der Waals surface area contributed by atoms with Crippen molar-refractivity contribution in [3.05, 3.63) is 21.9 Å². The molecule has 0 aliphatic heterocycles. The maximum Gasteiger partial charge on any atom is 0.0651 e.